The molecule has 12 atom stereocenters. The number of carbonyl (C=O) groups is 2. The van der Waals surface area contributed by atoms with Gasteiger partial charge in [-0.25, -0.2) is 0 Å². The average molecular weight is 699 g/mol. The lowest BCUT2D eigenvalue weighted by atomic mass is 10.0. The van der Waals surface area contributed by atoms with Crippen LogP contribution in [0.2, 0.25) is 50.4 Å². The Bertz CT molecular complexity index is 1020. The van der Waals surface area contributed by atoms with Gasteiger partial charge in [0, 0.05) is 12.1 Å². The van der Waals surface area contributed by atoms with Crippen molar-refractivity contribution in [2.45, 2.75) is 111 Å². The van der Waals surface area contributed by atoms with Crippen molar-refractivity contribution >= 4 is 37.0 Å². The molecule has 4 saturated carbocycles. The highest BCUT2D eigenvalue weighted by molar-refractivity contribution is 6.89. The number of hydrogen-bond acceptors (Lipinski definition) is 14. The van der Waals surface area contributed by atoms with E-state index < -0.39 is 99.1 Å². The van der Waals surface area contributed by atoms with Crippen LogP contribution in [0.3, 0.4) is 0 Å². The van der Waals surface area contributed by atoms with Crippen LogP contribution in [0.1, 0.15) is 0 Å². The molecule has 0 radical (unpaired) electrons. The van der Waals surface area contributed by atoms with E-state index in [1.165, 1.54) is 0 Å². The maximum absolute atomic E-state index is 12.4. The summed E-state index contributed by atoms with van der Waals surface area (Å²) in [7, 11) is -7.14. The molecule has 45 heavy (non-hydrogen) atoms. The van der Waals surface area contributed by atoms with Gasteiger partial charge in [0.25, 0.3) is 11.8 Å². The largest absolute Gasteiger partial charge is 0.436 e. The van der Waals surface area contributed by atoms with Gasteiger partial charge in [-0.2, -0.15) is 0 Å². The monoisotopic (exact) mass is 698 g/mol. The number of carbonyl (C=O) groups excluding carboxylic acids is 2. The smallest absolute Gasteiger partial charge is 0.311 e. The Morgan fingerprint density at radius 2 is 0.867 bits per heavy atom. The zero-order chi connectivity index (χ0) is 34.1. The Balaban J connectivity index is 1.20. The number of aliphatic hydroxyl groups is 10. The molecular weight excluding hydrogens is 649 g/mol. The first-order valence-electron chi connectivity index (χ1n) is 15.3. The van der Waals surface area contributed by atoms with Crippen molar-refractivity contribution in [3.8, 4) is 0 Å². The molecule has 260 valence electrons. The zero-order valence-electron chi connectivity index (χ0n) is 26.3. The quantitative estimate of drug-likeness (QED) is 0.0599. The first kappa shape index (κ1) is 36.9. The fraction of sp³-hybridized carbons (Fsp3) is 0.923. The number of hydrogen-bond donors (Lipinski definition) is 12. The molecule has 4 rings (SSSR count). The number of fused-ring (bicyclic) bond motifs is 2. The molecule has 2 amide bonds. The third-order valence-corrected chi connectivity index (χ3v) is 22.8. The molecule has 12 unspecified atom stereocenters. The van der Waals surface area contributed by atoms with Gasteiger partial charge in [-0.05, 0) is 74.0 Å². The van der Waals surface area contributed by atoms with Crippen molar-refractivity contribution in [1.29, 1.82) is 0 Å². The molecular formula is C26H50N2O14Si3. The summed E-state index contributed by atoms with van der Waals surface area (Å²) < 4.78 is 13.5. The Hall–Kier alpha value is -0.889. The highest BCUT2D eigenvalue weighted by atomic mass is 28.5. The lowest BCUT2D eigenvalue weighted by Gasteiger charge is -2.41. The first-order chi connectivity index (χ1) is 20.6. The standard InChI is InChI=1S/C26H50N2O14Si3/c1-43(2,23-11-12(23)15(11)27-25(39)21(37)19(35)17(33)9(31)7-29)41-45(5,6)42-44(3,4)24-13-14(24)16(13)28-26(40)22(38)20(36)18(34)10(32)8-30/h9-24,29-38H,7-8H2,1-6H3,(H,27,39)(H,28,40). The van der Waals surface area contributed by atoms with Crippen molar-refractivity contribution in [2.75, 3.05) is 13.2 Å². The summed E-state index contributed by atoms with van der Waals surface area (Å²) in [5, 5.41) is 102. The zero-order valence-corrected chi connectivity index (χ0v) is 29.3. The van der Waals surface area contributed by atoms with E-state index >= 15 is 0 Å². The minimum absolute atomic E-state index is 0.176. The summed E-state index contributed by atoms with van der Waals surface area (Å²) in [6, 6.07) is -0.353. The van der Waals surface area contributed by atoms with Crippen LogP contribution < -0.4 is 10.6 Å². The van der Waals surface area contributed by atoms with Gasteiger partial charge in [0.2, 0.25) is 0 Å². The van der Waals surface area contributed by atoms with E-state index in [1.54, 1.807) is 0 Å². The van der Waals surface area contributed by atoms with Gasteiger partial charge in [0.1, 0.15) is 36.6 Å². The third-order valence-electron chi connectivity index (χ3n) is 9.93. The van der Waals surface area contributed by atoms with Gasteiger partial charge in [0.15, 0.2) is 28.8 Å². The molecule has 0 aromatic carbocycles. The molecule has 0 aromatic rings. The molecule has 0 saturated heterocycles. The molecule has 19 heteroatoms. The second-order valence-electron chi connectivity index (χ2n) is 14.6. The van der Waals surface area contributed by atoms with Gasteiger partial charge in [-0.3, -0.25) is 9.59 Å². The van der Waals surface area contributed by atoms with Crippen LogP contribution in [0.5, 0.6) is 0 Å². The number of amides is 2. The van der Waals surface area contributed by atoms with Crippen LogP contribution >= 0.6 is 0 Å². The lowest BCUT2D eigenvalue weighted by Crippen LogP contribution is -2.56. The molecule has 0 aromatic heterocycles. The molecule has 0 bridgehead atoms. The van der Waals surface area contributed by atoms with Crippen LogP contribution in [0, 0.1) is 23.7 Å². The molecule has 0 spiro atoms. The summed E-state index contributed by atoms with van der Waals surface area (Å²) in [4.78, 5) is 24.8. The van der Waals surface area contributed by atoms with Crippen LogP contribution in [0.4, 0.5) is 0 Å². The minimum Gasteiger partial charge on any atom is -0.436 e. The molecule has 16 nitrogen and oxygen atoms in total. The Labute approximate surface area is 264 Å². The minimum atomic E-state index is -2.61. The van der Waals surface area contributed by atoms with Crippen LogP contribution in [-0.2, 0) is 17.8 Å². The summed E-state index contributed by atoms with van der Waals surface area (Å²) in [5.74, 6) is -0.989. The summed E-state index contributed by atoms with van der Waals surface area (Å²) >= 11 is 0. The summed E-state index contributed by atoms with van der Waals surface area (Å²) in [6.45, 7) is 10.8. The maximum atomic E-state index is 12.4. The molecule has 0 heterocycles. The molecule has 4 aliphatic rings. The molecule has 12 N–H and O–H groups in total. The SMILES string of the molecule is C[Si](C)(O[Si](C)(C)C1C2C(NC(=O)C(O)C(O)C(O)C(O)CO)C21)O[Si](C)(C)C1C2C(NC(=O)C(O)C(O)C(O)C(O)CO)C21. The number of rotatable bonds is 18. The van der Waals surface area contributed by atoms with Crippen molar-refractivity contribution in [2.24, 2.45) is 23.7 Å². The van der Waals surface area contributed by atoms with Crippen molar-refractivity contribution in [3.63, 3.8) is 0 Å². The van der Waals surface area contributed by atoms with Gasteiger partial charge in [-0.15, -0.1) is 0 Å². The highest BCUT2D eigenvalue weighted by Gasteiger charge is 2.80. The van der Waals surface area contributed by atoms with E-state index in [4.69, 9.17) is 18.4 Å². The molecule has 0 aliphatic heterocycles. The van der Waals surface area contributed by atoms with E-state index in [2.05, 4.69) is 36.8 Å². The average Bonchev–Trinajstić information content (AvgIpc) is 3.79. The summed E-state index contributed by atoms with van der Waals surface area (Å²) in [6.07, 6.45) is -15.0. The second kappa shape index (κ2) is 12.9. The summed E-state index contributed by atoms with van der Waals surface area (Å²) in [5.41, 5.74) is 0.555. The second-order valence-corrected chi connectivity index (χ2v) is 26.8. The van der Waals surface area contributed by atoms with Crippen LogP contribution in [-0.4, -0.2) is 162 Å². The lowest BCUT2D eigenvalue weighted by molar-refractivity contribution is -0.149. The fourth-order valence-electron chi connectivity index (χ4n) is 7.56. The van der Waals surface area contributed by atoms with Gasteiger partial charge in [0.05, 0.1) is 13.2 Å². The van der Waals surface area contributed by atoms with Crippen molar-refractivity contribution in [3.05, 3.63) is 0 Å². The topological polar surface area (TPSA) is 279 Å². The van der Waals surface area contributed by atoms with Gasteiger partial charge < -0.3 is 69.9 Å². The van der Waals surface area contributed by atoms with E-state index in [0.717, 1.165) is 0 Å². The van der Waals surface area contributed by atoms with Crippen LogP contribution in [0.25, 0.3) is 0 Å². The molecule has 4 fully saturated rings. The van der Waals surface area contributed by atoms with Crippen molar-refractivity contribution in [1.82, 2.24) is 10.6 Å². The van der Waals surface area contributed by atoms with Gasteiger partial charge in [-0.1, -0.05) is 0 Å². The number of aliphatic hydroxyl groups excluding tert-OH is 10. The number of nitrogens with one attached hydrogen (secondary N) is 2. The van der Waals surface area contributed by atoms with E-state index in [0.29, 0.717) is 0 Å². The Kier molecular flexibility index (Phi) is 10.6. The Morgan fingerprint density at radius 3 is 1.13 bits per heavy atom. The predicted molar refractivity (Wildman–Crippen MR) is 162 cm³/mol. The van der Waals surface area contributed by atoms with Crippen molar-refractivity contribution < 1.29 is 68.9 Å². The van der Waals surface area contributed by atoms with E-state index in [-0.39, 0.29) is 46.8 Å². The maximum Gasteiger partial charge on any atom is 0.311 e. The molecule has 4 aliphatic carbocycles. The van der Waals surface area contributed by atoms with E-state index in [9.17, 15) is 50.4 Å². The van der Waals surface area contributed by atoms with Gasteiger partial charge >= 0.3 is 8.56 Å². The predicted octanol–water partition coefficient (Wildman–Crippen LogP) is -4.77. The van der Waals surface area contributed by atoms with E-state index in [1.807, 2.05) is 13.1 Å². The third kappa shape index (κ3) is 7.42. The fourth-order valence-corrected chi connectivity index (χ4v) is 24.5. The highest BCUT2D eigenvalue weighted by Crippen LogP contribution is 2.77. The Morgan fingerprint density at radius 1 is 0.578 bits per heavy atom. The first-order valence-corrected chi connectivity index (χ1v) is 24.1. The normalized spacial score (nSPS) is 35.4. The van der Waals surface area contributed by atoms with Crippen LogP contribution in [0.15, 0.2) is 0 Å².